The lowest BCUT2D eigenvalue weighted by atomic mass is 10.0. The first-order chi connectivity index (χ1) is 13.1. The highest BCUT2D eigenvalue weighted by Crippen LogP contribution is 2.39. The molecule has 4 nitrogen and oxygen atoms in total. The lowest BCUT2D eigenvalue weighted by Crippen LogP contribution is -2.08. The summed E-state index contributed by atoms with van der Waals surface area (Å²) in [4.78, 5) is 10.7. The molecule has 0 aliphatic heterocycles. The van der Waals surface area contributed by atoms with Gasteiger partial charge in [-0.3, -0.25) is 4.79 Å². The van der Waals surface area contributed by atoms with Crippen LogP contribution in [-0.4, -0.2) is 17.7 Å². The number of aryl methyl sites for hydroxylation is 2. The first kappa shape index (κ1) is 21.5. The number of carboxylic acid groups (broad SMARTS) is 1. The fourth-order valence-electron chi connectivity index (χ4n) is 2.56. The molecule has 0 radical (unpaired) electrons. The molecule has 0 fully saturated rings. The third-order valence-corrected chi connectivity index (χ3v) is 3.88. The van der Waals surface area contributed by atoms with Crippen molar-refractivity contribution < 1.29 is 41.3 Å². The van der Waals surface area contributed by atoms with Gasteiger partial charge in [0.05, 0.1) is 5.56 Å². The molecule has 0 heterocycles. The Morgan fingerprint density at radius 1 is 1.07 bits per heavy atom. The number of hydrogen-bond acceptors (Lipinski definition) is 3. The second-order valence-corrected chi connectivity index (χ2v) is 5.82. The molecule has 0 aromatic heterocycles. The Kier molecular flexibility index (Phi) is 6.82. The molecule has 0 saturated carbocycles. The summed E-state index contributed by atoms with van der Waals surface area (Å²) in [5.74, 6) is -1.78. The summed E-state index contributed by atoms with van der Waals surface area (Å²) in [7, 11) is 0. The van der Waals surface area contributed by atoms with Crippen LogP contribution in [0, 0.1) is 0 Å². The number of carbonyl (C=O) groups is 1. The average molecular weight is 404 g/mol. The van der Waals surface area contributed by atoms with Gasteiger partial charge in [-0.25, -0.2) is 0 Å². The van der Waals surface area contributed by atoms with Gasteiger partial charge in [0.1, 0.15) is 5.75 Å². The smallest absolute Gasteiger partial charge is 0.416 e. The van der Waals surface area contributed by atoms with E-state index in [1.165, 1.54) is 6.07 Å². The zero-order chi connectivity index (χ0) is 20.9. The molecule has 0 aliphatic carbocycles. The number of alkyl halides is 5. The topological polar surface area (TPSA) is 55.8 Å². The molecular weight excluding hydrogens is 387 g/mol. The van der Waals surface area contributed by atoms with Crippen LogP contribution in [-0.2, 0) is 23.8 Å². The minimum atomic E-state index is -4.72. The average Bonchev–Trinajstić information content (AvgIpc) is 2.60. The number of ether oxygens (including phenoxy) is 2. The van der Waals surface area contributed by atoms with E-state index in [0.29, 0.717) is 25.0 Å². The molecule has 0 aliphatic rings. The lowest BCUT2D eigenvalue weighted by molar-refractivity contribution is -0.138. The molecule has 0 atom stereocenters. The van der Waals surface area contributed by atoms with E-state index in [1.54, 1.807) is 12.1 Å². The van der Waals surface area contributed by atoms with Crippen molar-refractivity contribution >= 4 is 5.97 Å². The predicted octanol–water partition coefficient (Wildman–Crippen LogP) is 5.68. The van der Waals surface area contributed by atoms with E-state index < -0.39 is 30.1 Å². The molecule has 0 unspecified atom stereocenters. The summed E-state index contributed by atoms with van der Waals surface area (Å²) in [6, 6.07) is 6.76. The standard InChI is InChI=1S/C19H17F5O4/c1-2-11-9-14(6-3-12(11)4-8-17(25)26)27-15-7-5-13(19(22,23)24)10-16(15)28-18(20)21/h3,5-7,9-10,18H,2,4,8H2,1H3,(H,25,26). The van der Waals surface area contributed by atoms with E-state index in [0.717, 1.165) is 17.2 Å². The number of carboxylic acids is 1. The summed E-state index contributed by atoms with van der Waals surface area (Å²) >= 11 is 0. The molecule has 0 bridgehead atoms. The van der Waals surface area contributed by atoms with Crippen LogP contribution in [0.5, 0.6) is 17.2 Å². The number of benzene rings is 2. The van der Waals surface area contributed by atoms with Crippen LogP contribution in [0.4, 0.5) is 22.0 Å². The Bertz CT molecular complexity index is 834. The molecule has 2 aromatic carbocycles. The highest BCUT2D eigenvalue weighted by atomic mass is 19.4. The summed E-state index contributed by atoms with van der Waals surface area (Å²) in [6.45, 7) is -1.48. The molecule has 2 aromatic rings. The number of aliphatic carboxylic acids is 1. The minimum absolute atomic E-state index is 0.0571. The Morgan fingerprint density at radius 3 is 2.36 bits per heavy atom. The van der Waals surface area contributed by atoms with Gasteiger partial charge in [0.25, 0.3) is 0 Å². The van der Waals surface area contributed by atoms with Crippen molar-refractivity contribution in [3.05, 3.63) is 53.1 Å². The maximum Gasteiger partial charge on any atom is 0.416 e. The van der Waals surface area contributed by atoms with E-state index in [4.69, 9.17) is 9.84 Å². The summed E-state index contributed by atoms with van der Waals surface area (Å²) in [6.07, 6.45) is -3.92. The van der Waals surface area contributed by atoms with Crippen molar-refractivity contribution in [1.29, 1.82) is 0 Å². The van der Waals surface area contributed by atoms with Crippen molar-refractivity contribution in [2.45, 2.75) is 39.0 Å². The van der Waals surface area contributed by atoms with Crippen LogP contribution in [0.15, 0.2) is 36.4 Å². The largest absolute Gasteiger partial charge is 0.481 e. The summed E-state index contributed by atoms with van der Waals surface area (Å²) in [5.41, 5.74) is 0.421. The quantitative estimate of drug-likeness (QED) is 0.576. The molecule has 1 N–H and O–H groups in total. The van der Waals surface area contributed by atoms with Gasteiger partial charge in [-0.15, -0.1) is 0 Å². The van der Waals surface area contributed by atoms with Gasteiger partial charge >= 0.3 is 18.8 Å². The van der Waals surface area contributed by atoms with Crippen molar-refractivity contribution in [3.8, 4) is 17.2 Å². The monoisotopic (exact) mass is 404 g/mol. The van der Waals surface area contributed by atoms with Crippen LogP contribution in [0.3, 0.4) is 0 Å². The second kappa shape index (κ2) is 8.90. The van der Waals surface area contributed by atoms with E-state index in [1.807, 2.05) is 6.92 Å². The van der Waals surface area contributed by atoms with Crippen LogP contribution in [0.2, 0.25) is 0 Å². The third-order valence-electron chi connectivity index (χ3n) is 3.88. The van der Waals surface area contributed by atoms with Crippen LogP contribution >= 0.6 is 0 Å². The predicted molar refractivity (Wildman–Crippen MR) is 89.9 cm³/mol. The molecule has 0 spiro atoms. The highest BCUT2D eigenvalue weighted by Gasteiger charge is 2.32. The van der Waals surface area contributed by atoms with Gasteiger partial charge in [-0.05, 0) is 54.3 Å². The molecule has 9 heteroatoms. The molecule has 0 saturated heterocycles. The number of rotatable bonds is 8. The summed E-state index contributed by atoms with van der Waals surface area (Å²) in [5, 5.41) is 8.79. The zero-order valence-electron chi connectivity index (χ0n) is 14.7. The minimum Gasteiger partial charge on any atom is -0.481 e. The van der Waals surface area contributed by atoms with Gasteiger partial charge in [0, 0.05) is 6.42 Å². The van der Waals surface area contributed by atoms with Gasteiger partial charge < -0.3 is 14.6 Å². The maximum absolute atomic E-state index is 12.8. The summed E-state index contributed by atoms with van der Waals surface area (Å²) < 4.78 is 73.2. The van der Waals surface area contributed by atoms with Gasteiger partial charge in [0.2, 0.25) is 0 Å². The zero-order valence-corrected chi connectivity index (χ0v) is 14.7. The Labute approximate surface area is 157 Å². The van der Waals surface area contributed by atoms with Crippen LogP contribution in [0.25, 0.3) is 0 Å². The molecule has 0 amide bonds. The first-order valence-corrected chi connectivity index (χ1v) is 8.27. The van der Waals surface area contributed by atoms with Crippen molar-refractivity contribution in [3.63, 3.8) is 0 Å². The van der Waals surface area contributed by atoms with E-state index >= 15 is 0 Å². The van der Waals surface area contributed by atoms with E-state index in [2.05, 4.69) is 4.74 Å². The molecular formula is C19H17F5O4. The Balaban J connectivity index is 2.32. The third kappa shape index (κ3) is 5.83. The fourth-order valence-corrected chi connectivity index (χ4v) is 2.56. The normalized spacial score (nSPS) is 11.5. The maximum atomic E-state index is 12.8. The van der Waals surface area contributed by atoms with Gasteiger partial charge in [0.15, 0.2) is 11.5 Å². The SMILES string of the molecule is CCc1cc(Oc2ccc(C(F)(F)F)cc2OC(F)F)ccc1CCC(=O)O. The number of halogens is 5. The number of hydrogen-bond donors (Lipinski definition) is 1. The van der Waals surface area contributed by atoms with Crippen molar-refractivity contribution in [1.82, 2.24) is 0 Å². The van der Waals surface area contributed by atoms with E-state index in [9.17, 15) is 26.7 Å². The van der Waals surface area contributed by atoms with Gasteiger partial charge in [-0.2, -0.15) is 22.0 Å². The van der Waals surface area contributed by atoms with E-state index in [-0.39, 0.29) is 17.9 Å². The highest BCUT2D eigenvalue weighted by molar-refractivity contribution is 5.67. The molecule has 2 rings (SSSR count). The fraction of sp³-hybridized carbons (Fsp3) is 0.316. The van der Waals surface area contributed by atoms with Crippen LogP contribution in [0.1, 0.15) is 30.0 Å². The van der Waals surface area contributed by atoms with Crippen molar-refractivity contribution in [2.75, 3.05) is 0 Å². The molecule has 152 valence electrons. The Morgan fingerprint density at radius 2 is 1.79 bits per heavy atom. The van der Waals surface area contributed by atoms with Crippen molar-refractivity contribution in [2.24, 2.45) is 0 Å². The van der Waals surface area contributed by atoms with Gasteiger partial charge in [-0.1, -0.05) is 13.0 Å². The van der Waals surface area contributed by atoms with Crippen LogP contribution < -0.4 is 9.47 Å². The second-order valence-electron chi connectivity index (χ2n) is 5.82. The Hall–Kier alpha value is -2.84. The lowest BCUT2D eigenvalue weighted by Gasteiger charge is -2.16. The first-order valence-electron chi connectivity index (χ1n) is 8.27. The molecule has 28 heavy (non-hydrogen) atoms.